The van der Waals surface area contributed by atoms with Crippen molar-refractivity contribution in [2.45, 2.75) is 88.0 Å². The van der Waals surface area contributed by atoms with Crippen molar-refractivity contribution < 1.29 is 0 Å². The van der Waals surface area contributed by atoms with Crippen LogP contribution in [-0.4, -0.2) is 15.2 Å². The number of hydrogen-bond acceptors (Lipinski definition) is 3. The minimum absolute atomic E-state index is 0.654. The predicted octanol–water partition coefficient (Wildman–Crippen LogP) is 9.35. The van der Waals surface area contributed by atoms with Gasteiger partial charge in [-0.1, -0.05) is 77.9 Å². The molecule has 0 saturated heterocycles. The van der Waals surface area contributed by atoms with Gasteiger partial charge in [0.25, 0.3) is 0 Å². The number of terminal acetylenes is 1. The van der Waals surface area contributed by atoms with E-state index in [1.165, 1.54) is 22.3 Å². The average Bonchev–Trinajstić information content (AvgIpc) is 2.93. The Kier molecular flexibility index (Phi) is 13.9. The van der Waals surface area contributed by atoms with Crippen LogP contribution in [0.5, 0.6) is 0 Å². The second-order valence-corrected chi connectivity index (χ2v) is 8.84. The maximum absolute atomic E-state index is 5.39. The van der Waals surface area contributed by atoms with Crippen molar-refractivity contribution in [3.05, 3.63) is 88.4 Å². The van der Waals surface area contributed by atoms with Crippen LogP contribution in [0.3, 0.4) is 0 Å². The fourth-order valence-corrected chi connectivity index (χ4v) is 4.00. The number of rotatable bonds is 4. The molecule has 0 saturated carbocycles. The van der Waals surface area contributed by atoms with E-state index in [0.717, 1.165) is 46.3 Å². The number of aromatic nitrogens is 3. The van der Waals surface area contributed by atoms with E-state index < -0.39 is 0 Å². The number of pyridine rings is 1. The molecule has 0 bridgehead atoms. The second kappa shape index (κ2) is 16.3. The van der Waals surface area contributed by atoms with Crippen LogP contribution >= 0.6 is 0 Å². The Morgan fingerprint density at radius 3 is 1.97 bits per heavy atom. The molecule has 37 heavy (non-hydrogen) atoms. The third kappa shape index (κ3) is 8.83. The summed E-state index contributed by atoms with van der Waals surface area (Å²) in [5.41, 5.74) is 9.30. The summed E-state index contributed by atoms with van der Waals surface area (Å²) >= 11 is 0. The summed E-state index contributed by atoms with van der Waals surface area (Å²) in [5.74, 6) is 3.36. The Bertz CT molecular complexity index is 1300. The summed E-state index contributed by atoms with van der Waals surface area (Å²) in [4.78, 5) is 4.62. The standard InChI is InChI=1S/C20H19N3.C10H14.2C2H6/c1-5-6-7-16-10-17(9-8-13(16)2)20-11-18-14(3)22-23-15(4)19(18)12-21-20;1-8(2)10-7-5-4-6-9(10)3;2*1-2/h1,8-12H,6-7H2,2-4H3;4-8H,1-3H3;2*1-2H3. The van der Waals surface area contributed by atoms with Crippen molar-refractivity contribution in [1.82, 2.24) is 15.2 Å². The lowest BCUT2D eigenvalue weighted by molar-refractivity contribution is 0.856. The van der Waals surface area contributed by atoms with Crippen molar-refractivity contribution in [2.75, 3.05) is 0 Å². The molecule has 0 unspecified atom stereocenters. The maximum Gasteiger partial charge on any atom is 0.0709 e. The largest absolute Gasteiger partial charge is 0.256 e. The van der Waals surface area contributed by atoms with Crippen LogP contribution in [0.4, 0.5) is 0 Å². The topological polar surface area (TPSA) is 38.7 Å². The van der Waals surface area contributed by atoms with Gasteiger partial charge in [-0.15, -0.1) is 12.3 Å². The third-order valence-corrected chi connectivity index (χ3v) is 6.03. The van der Waals surface area contributed by atoms with Crippen LogP contribution in [0.25, 0.3) is 22.0 Å². The van der Waals surface area contributed by atoms with Gasteiger partial charge in [0.05, 0.1) is 17.1 Å². The summed E-state index contributed by atoms with van der Waals surface area (Å²) in [6.07, 6.45) is 8.93. The molecule has 196 valence electrons. The molecule has 0 radical (unpaired) electrons. The van der Waals surface area contributed by atoms with Crippen molar-refractivity contribution in [3.8, 4) is 23.6 Å². The highest BCUT2D eigenvalue weighted by Gasteiger charge is 2.08. The lowest BCUT2D eigenvalue weighted by Crippen LogP contribution is -1.96. The zero-order valence-electron chi connectivity index (χ0n) is 24.6. The van der Waals surface area contributed by atoms with Gasteiger partial charge in [0.2, 0.25) is 0 Å². The van der Waals surface area contributed by atoms with Crippen LogP contribution < -0.4 is 0 Å². The van der Waals surface area contributed by atoms with Gasteiger partial charge in [-0.2, -0.15) is 10.2 Å². The fourth-order valence-electron chi connectivity index (χ4n) is 4.00. The lowest BCUT2D eigenvalue weighted by atomic mass is 9.98. The monoisotopic (exact) mass is 495 g/mol. The van der Waals surface area contributed by atoms with E-state index in [1.54, 1.807) is 0 Å². The first-order valence-electron chi connectivity index (χ1n) is 13.5. The predicted molar refractivity (Wildman–Crippen MR) is 162 cm³/mol. The van der Waals surface area contributed by atoms with E-state index >= 15 is 0 Å². The van der Waals surface area contributed by atoms with Gasteiger partial charge < -0.3 is 0 Å². The molecule has 0 atom stereocenters. The van der Waals surface area contributed by atoms with Gasteiger partial charge in [-0.05, 0) is 74.4 Å². The first-order valence-corrected chi connectivity index (χ1v) is 13.5. The molecular formula is C34H45N3. The summed E-state index contributed by atoms with van der Waals surface area (Å²) in [7, 11) is 0. The van der Waals surface area contributed by atoms with Gasteiger partial charge >= 0.3 is 0 Å². The summed E-state index contributed by atoms with van der Waals surface area (Å²) in [6, 6.07) is 17.1. The number of fused-ring (bicyclic) bond motifs is 1. The van der Waals surface area contributed by atoms with Gasteiger partial charge in [0.15, 0.2) is 0 Å². The van der Waals surface area contributed by atoms with Crippen LogP contribution in [-0.2, 0) is 6.42 Å². The van der Waals surface area contributed by atoms with E-state index in [2.05, 4.69) is 97.3 Å². The zero-order valence-corrected chi connectivity index (χ0v) is 24.6. The van der Waals surface area contributed by atoms with Crippen LogP contribution in [0.15, 0.2) is 54.7 Å². The molecule has 0 aliphatic heterocycles. The zero-order chi connectivity index (χ0) is 28.0. The average molecular weight is 496 g/mol. The summed E-state index contributed by atoms with van der Waals surface area (Å²) in [5, 5.41) is 10.5. The molecule has 4 rings (SSSR count). The minimum atomic E-state index is 0.654. The molecule has 0 N–H and O–H groups in total. The molecule has 2 aromatic carbocycles. The SMILES string of the molecule is C#CCCc1cc(-c2cc3c(C)nnc(C)c3cn2)ccc1C.CC.CC.Cc1ccccc1C(C)C. The molecule has 0 fully saturated rings. The first-order chi connectivity index (χ1) is 17.8. The van der Waals surface area contributed by atoms with Gasteiger partial charge in [0.1, 0.15) is 0 Å². The molecule has 2 heterocycles. The number of aryl methyl sites for hydroxylation is 5. The molecule has 0 spiro atoms. The van der Waals surface area contributed by atoms with E-state index in [4.69, 9.17) is 6.42 Å². The van der Waals surface area contributed by atoms with Crippen molar-refractivity contribution in [3.63, 3.8) is 0 Å². The van der Waals surface area contributed by atoms with E-state index in [-0.39, 0.29) is 0 Å². The summed E-state index contributed by atoms with van der Waals surface area (Å²) in [6.45, 7) is 20.7. The van der Waals surface area contributed by atoms with Crippen molar-refractivity contribution in [2.24, 2.45) is 0 Å². The highest BCUT2D eigenvalue weighted by Crippen LogP contribution is 2.26. The van der Waals surface area contributed by atoms with Gasteiger partial charge in [-0.3, -0.25) is 4.98 Å². The molecule has 3 nitrogen and oxygen atoms in total. The molecule has 0 amide bonds. The van der Waals surface area contributed by atoms with E-state index in [9.17, 15) is 0 Å². The molecule has 0 aliphatic rings. The Hall–Kier alpha value is -3.51. The Balaban J connectivity index is 0.000000409. The lowest BCUT2D eigenvalue weighted by Gasteiger charge is -2.09. The molecule has 2 aromatic heterocycles. The first kappa shape index (κ1) is 31.5. The Morgan fingerprint density at radius 2 is 1.41 bits per heavy atom. The highest BCUT2D eigenvalue weighted by atomic mass is 15.1. The van der Waals surface area contributed by atoms with Crippen molar-refractivity contribution >= 4 is 10.8 Å². The van der Waals surface area contributed by atoms with Gasteiger partial charge in [-0.25, -0.2) is 0 Å². The van der Waals surface area contributed by atoms with Crippen LogP contribution in [0, 0.1) is 40.0 Å². The second-order valence-electron chi connectivity index (χ2n) is 8.84. The third-order valence-electron chi connectivity index (χ3n) is 6.03. The van der Waals surface area contributed by atoms with Crippen LogP contribution in [0.2, 0.25) is 0 Å². The number of benzene rings is 2. The van der Waals surface area contributed by atoms with E-state index in [1.807, 2.05) is 47.7 Å². The maximum atomic E-state index is 5.39. The smallest absolute Gasteiger partial charge is 0.0709 e. The number of hydrogen-bond donors (Lipinski definition) is 0. The van der Waals surface area contributed by atoms with Gasteiger partial charge in [0, 0.05) is 29.0 Å². The Morgan fingerprint density at radius 1 is 0.784 bits per heavy atom. The summed E-state index contributed by atoms with van der Waals surface area (Å²) < 4.78 is 0. The molecule has 3 heteroatoms. The Labute approximate surface area is 225 Å². The highest BCUT2D eigenvalue weighted by molar-refractivity contribution is 5.88. The molecular weight excluding hydrogens is 450 g/mol. The normalized spacial score (nSPS) is 9.78. The van der Waals surface area contributed by atoms with Crippen LogP contribution in [0.1, 0.15) is 87.5 Å². The number of nitrogens with zero attached hydrogens (tertiary/aromatic N) is 3. The van der Waals surface area contributed by atoms with E-state index in [0.29, 0.717) is 5.92 Å². The van der Waals surface area contributed by atoms with Crippen molar-refractivity contribution in [1.29, 1.82) is 0 Å². The fraction of sp³-hybridized carbons (Fsp3) is 0.382. The minimum Gasteiger partial charge on any atom is -0.256 e. The molecule has 4 aromatic rings. The quantitative estimate of drug-likeness (QED) is 0.265. The molecule has 0 aliphatic carbocycles.